The number of nitro groups is 1. The van der Waals surface area contributed by atoms with Gasteiger partial charge in [0.05, 0.1) is 24.1 Å². The minimum absolute atomic E-state index is 0.0582. The van der Waals surface area contributed by atoms with Crippen LogP contribution in [0.2, 0.25) is 0 Å². The maximum absolute atomic E-state index is 12.0. The molecular weight excluding hydrogens is 358 g/mol. The highest BCUT2D eigenvalue weighted by Gasteiger charge is 2.30. The summed E-state index contributed by atoms with van der Waals surface area (Å²) in [6.45, 7) is 4.82. The zero-order chi connectivity index (χ0) is 20.6. The first-order valence-corrected chi connectivity index (χ1v) is 8.56. The summed E-state index contributed by atoms with van der Waals surface area (Å²) in [7, 11) is 0. The maximum Gasteiger partial charge on any atom is 0.320 e. The van der Waals surface area contributed by atoms with Crippen molar-refractivity contribution in [1.29, 1.82) is 0 Å². The van der Waals surface area contributed by atoms with Crippen LogP contribution in [0.15, 0.2) is 18.2 Å². The standard InChI is InChI=1S/C18H23NO8/c1-4-26-17(22)14(18(23)27-5-2)9-7-12-6-8-13(11(3)16(20)21)15(10-12)19(24)25/h6,8,10-11,14H,4-5,7,9H2,1-3H3,(H,20,21). The molecule has 1 rings (SSSR count). The summed E-state index contributed by atoms with van der Waals surface area (Å²) in [5.74, 6) is -4.74. The highest BCUT2D eigenvalue weighted by atomic mass is 16.6. The Morgan fingerprint density at radius 1 is 1.15 bits per heavy atom. The third-order valence-electron chi connectivity index (χ3n) is 3.99. The van der Waals surface area contributed by atoms with Gasteiger partial charge in [0.15, 0.2) is 5.92 Å². The van der Waals surface area contributed by atoms with Gasteiger partial charge in [-0.25, -0.2) is 0 Å². The van der Waals surface area contributed by atoms with E-state index in [1.165, 1.54) is 19.1 Å². The lowest BCUT2D eigenvalue weighted by Crippen LogP contribution is -2.28. The van der Waals surface area contributed by atoms with E-state index in [-0.39, 0.29) is 37.3 Å². The minimum atomic E-state index is -1.17. The van der Waals surface area contributed by atoms with Crippen molar-refractivity contribution in [3.8, 4) is 0 Å². The SMILES string of the molecule is CCOC(=O)C(CCc1ccc(C(C)C(=O)O)c([N+](=O)[O-])c1)C(=O)OCC. The van der Waals surface area contributed by atoms with Gasteiger partial charge < -0.3 is 14.6 Å². The maximum atomic E-state index is 12.0. The molecule has 148 valence electrons. The Kier molecular flexibility index (Phi) is 8.37. The number of ether oxygens (including phenoxy) is 2. The third kappa shape index (κ3) is 6.05. The molecule has 1 unspecified atom stereocenters. The molecule has 9 heteroatoms. The molecule has 0 saturated carbocycles. The molecule has 0 fully saturated rings. The molecule has 0 aliphatic carbocycles. The number of aryl methyl sites for hydroxylation is 1. The molecule has 0 radical (unpaired) electrons. The molecule has 0 aliphatic rings. The van der Waals surface area contributed by atoms with Gasteiger partial charge in [-0.1, -0.05) is 12.1 Å². The van der Waals surface area contributed by atoms with Crippen LogP contribution in [0.1, 0.15) is 44.2 Å². The Hall–Kier alpha value is -2.97. The van der Waals surface area contributed by atoms with Gasteiger partial charge in [0, 0.05) is 11.6 Å². The lowest BCUT2D eigenvalue weighted by Gasteiger charge is -2.14. The van der Waals surface area contributed by atoms with Crippen molar-refractivity contribution in [2.24, 2.45) is 5.92 Å². The number of hydrogen-bond acceptors (Lipinski definition) is 7. The Morgan fingerprint density at radius 2 is 1.70 bits per heavy atom. The summed E-state index contributed by atoms with van der Waals surface area (Å²) < 4.78 is 9.77. The molecule has 9 nitrogen and oxygen atoms in total. The summed E-state index contributed by atoms with van der Waals surface area (Å²) in [5.41, 5.74) is 0.274. The summed E-state index contributed by atoms with van der Waals surface area (Å²) in [6, 6.07) is 4.20. The van der Waals surface area contributed by atoms with Crippen LogP contribution in [-0.4, -0.2) is 41.2 Å². The number of carbonyl (C=O) groups excluding carboxylic acids is 2. The van der Waals surface area contributed by atoms with Gasteiger partial charge in [-0.3, -0.25) is 24.5 Å². The fourth-order valence-electron chi connectivity index (χ4n) is 2.53. The summed E-state index contributed by atoms with van der Waals surface area (Å²) in [6.07, 6.45) is 0.244. The van der Waals surface area contributed by atoms with E-state index >= 15 is 0 Å². The van der Waals surface area contributed by atoms with Crippen LogP contribution in [0.5, 0.6) is 0 Å². The Morgan fingerprint density at radius 3 is 2.15 bits per heavy atom. The van der Waals surface area contributed by atoms with E-state index in [0.29, 0.717) is 5.56 Å². The summed E-state index contributed by atoms with van der Waals surface area (Å²) in [4.78, 5) is 45.7. The second-order valence-corrected chi connectivity index (χ2v) is 5.81. The van der Waals surface area contributed by atoms with Gasteiger partial charge in [0.1, 0.15) is 0 Å². The fraction of sp³-hybridized carbons (Fsp3) is 0.500. The predicted octanol–water partition coefficient (Wildman–Crippen LogP) is 2.46. The number of nitrogens with zero attached hydrogens (tertiary/aromatic N) is 1. The predicted molar refractivity (Wildman–Crippen MR) is 94.2 cm³/mol. The number of benzene rings is 1. The number of nitro benzene ring substituents is 1. The molecule has 0 heterocycles. The van der Waals surface area contributed by atoms with Gasteiger partial charge in [-0.2, -0.15) is 0 Å². The van der Waals surface area contributed by atoms with E-state index in [1.54, 1.807) is 19.9 Å². The third-order valence-corrected chi connectivity index (χ3v) is 3.99. The zero-order valence-corrected chi connectivity index (χ0v) is 15.5. The van der Waals surface area contributed by atoms with Crippen LogP contribution in [0.4, 0.5) is 5.69 Å². The number of hydrogen-bond donors (Lipinski definition) is 1. The summed E-state index contributed by atoms with van der Waals surface area (Å²) >= 11 is 0. The van der Waals surface area contributed by atoms with Crippen molar-refractivity contribution in [3.05, 3.63) is 39.4 Å². The van der Waals surface area contributed by atoms with Crippen molar-refractivity contribution in [2.75, 3.05) is 13.2 Å². The van der Waals surface area contributed by atoms with Crippen molar-refractivity contribution < 1.29 is 33.9 Å². The molecule has 27 heavy (non-hydrogen) atoms. The van der Waals surface area contributed by atoms with Gasteiger partial charge in [-0.15, -0.1) is 0 Å². The topological polar surface area (TPSA) is 133 Å². The van der Waals surface area contributed by atoms with E-state index in [4.69, 9.17) is 14.6 Å². The molecule has 0 aliphatic heterocycles. The quantitative estimate of drug-likeness (QED) is 0.283. The Labute approximate surface area is 156 Å². The Bertz CT molecular complexity index is 697. The van der Waals surface area contributed by atoms with Crippen LogP contribution in [0.25, 0.3) is 0 Å². The highest BCUT2D eigenvalue weighted by Crippen LogP contribution is 2.29. The normalized spacial score (nSPS) is 11.7. The molecular formula is C18H23NO8. The van der Waals surface area contributed by atoms with E-state index in [1.807, 2.05) is 0 Å². The molecule has 1 aromatic carbocycles. The summed E-state index contributed by atoms with van der Waals surface area (Å²) in [5, 5.41) is 20.4. The first-order chi connectivity index (χ1) is 12.7. The monoisotopic (exact) mass is 381 g/mol. The van der Waals surface area contributed by atoms with E-state index < -0.39 is 34.7 Å². The highest BCUT2D eigenvalue weighted by molar-refractivity contribution is 5.94. The minimum Gasteiger partial charge on any atom is -0.481 e. The lowest BCUT2D eigenvalue weighted by molar-refractivity contribution is -0.385. The van der Waals surface area contributed by atoms with Gasteiger partial charge >= 0.3 is 17.9 Å². The Balaban J connectivity index is 3.03. The molecule has 0 amide bonds. The second kappa shape index (κ2) is 10.2. The van der Waals surface area contributed by atoms with Crippen LogP contribution < -0.4 is 0 Å². The van der Waals surface area contributed by atoms with Crippen molar-refractivity contribution >= 4 is 23.6 Å². The average molecular weight is 381 g/mol. The first-order valence-electron chi connectivity index (χ1n) is 8.56. The second-order valence-electron chi connectivity index (χ2n) is 5.81. The number of esters is 2. The molecule has 1 aromatic rings. The van der Waals surface area contributed by atoms with Crippen LogP contribution in [-0.2, 0) is 30.3 Å². The molecule has 0 saturated heterocycles. The van der Waals surface area contributed by atoms with E-state index in [9.17, 15) is 24.5 Å². The van der Waals surface area contributed by atoms with Crippen molar-refractivity contribution in [3.63, 3.8) is 0 Å². The lowest BCUT2D eigenvalue weighted by atomic mass is 9.94. The van der Waals surface area contributed by atoms with E-state index in [2.05, 4.69) is 0 Å². The van der Waals surface area contributed by atoms with Crippen LogP contribution >= 0.6 is 0 Å². The number of aliphatic carboxylic acids is 1. The van der Waals surface area contributed by atoms with Crippen LogP contribution in [0, 0.1) is 16.0 Å². The molecule has 1 atom stereocenters. The number of carboxylic acid groups (broad SMARTS) is 1. The largest absolute Gasteiger partial charge is 0.481 e. The average Bonchev–Trinajstić information content (AvgIpc) is 2.61. The van der Waals surface area contributed by atoms with Gasteiger partial charge in [0.2, 0.25) is 0 Å². The van der Waals surface area contributed by atoms with Crippen molar-refractivity contribution in [2.45, 2.75) is 39.5 Å². The van der Waals surface area contributed by atoms with Gasteiger partial charge in [-0.05, 0) is 39.2 Å². The molecule has 0 spiro atoms. The molecule has 0 bridgehead atoms. The smallest absolute Gasteiger partial charge is 0.320 e. The van der Waals surface area contributed by atoms with Gasteiger partial charge in [0.25, 0.3) is 5.69 Å². The van der Waals surface area contributed by atoms with Crippen LogP contribution in [0.3, 0.4) is 0 Å². The number of carbonyl (C=O) groups is 3. The van der Waals surface area contributed by atoms with Crippen molar-refractivity contribution in [1.82, 2.24) is 0 Å². The number of rotatable bonds is 10. The first kappa shape index (κ1) is 22.1. The fourth-order valence-corrected chi connectivity index (χ4v) is 2.53. The molecule has 0 aromatic heterocycles. The molecule has 1 N–H and O–H groups in total. The van der Waals surface area contributed by atoms with E-state index in [0.717, 1.165) is 0 Å². The number of carboxylic acids is 1. The zero-order valence-electron chi connectivity index (χ0n) is 15.5.